The largest absolute Gasteiger partial charge is 0.314 e. The van der Waals surface area contributed by atoms with Crippen molar-refractivity contribution in [1.82, 2.24) is 15.2 Å². The lowest BCUT2D eigenvalue weighted by atomic mass is 10.0. The van der Waals surface area contributed by atoms with Gasteiger partial charge < -0.3 is 10.6 Å². The molecule has 2 heterocycles. The Morgan fingerprint density at radius 2 is 2.22 bits per heavy atom. The lowest BCUT2D eigenvalue weighted by molar-refractivity contribution is -0.118. The monoisotopic (exact) mass is 434 g/mol. The molecular weight excluding hydrogens is 410 g/mol. The summed E-state index contributed by atoms with van der Waals surface area (Å²) in [5, 5.41) is 6.87. The van der Waals surface area contributed by atoms with Gasteiger partial charge in [0.2, 0.25) is 5.91 Å². The van der Waals surface area contributed by atoms with Crippen LogP contribution < -0.4 is 10.6 Å². The van der Waals surface area contributed by atoms with E-state index in [1.54, 1.807) is 12.1 Å². The predicted octanol–water partition coefficient (Wildman–Crippen LogP) is 3.58. The third kappa shape index (κ3) is 6.12. The van der Waals surface area contributed by atoms with Crippen molar-refractivity contribution in [3.05, 3.63) is 46.2 Å². The summed E-state index contributed by atoms with van der Waals surface area (Å²) in [6, 6.07) is 6.58. The van der Waals surface area contributed by atoms with Gasteiger partial charge in [0.1, 0.15) is 5.82 Å². The Balaban J connectivity index is 0.00000182. The van der Waals surface area contributed by atoms with E-state index in [2.05, 4.69) is 27.4 Å². The second-order valence-electron chi connectivity index (χ2n) is 6.17. The highest BCUT2D eigenvalue weighted by Gasteiger charge is 2.26. The van der Waals surface area contributed by atoms with Crippen LogP contribution in [0.5, 0.6) is 0 Å². The molecule has 0 radical (unpaired) electrons. The van der Waals surface area contributed by atoms with Gasteiger partial charge in [0.05, 0.1) is 12.2 Å². The summed E-state index contributed by atoms with van der Waals surface area (Å²) in [6.45, 7) is 6.59. The normalized spacial score (nSPS) is 16.9. The number of aromatic nitrogens is 1. The fourth-order valence-electron chi connectivity index (χ4n) is 3.13. The fourth-order valence-corrected chi connectivity index (χ4v) is 4.05. The first-order valence-electron chi connectivity index (χ1n) is 8.53. The number of thiazole rings is 1. The third-order valence-corrected chi connectivity index (χ3v) is 5.34. The van der Waals surface area contributed by atoms with Crippen LogP contribution in [0.2, 0.25) is 0 Å². The number of aryl methyl sites for hydroxylation is 2. The van der Waals surface area contributed by atoms with Gasteiger partial charge in [-0.05, 0) is 31.0 Å². The first kappa shape index (κ1) is 23.8. The molecule has 1 amide bonds. The average molecular weight is 435 g/mol. The van der Waals surface area contributed by atoms with Crippen molar-refractivity contribution in [2.45, 2.75) is 26.3 Å². The molecule has 1 saturated heterocycles. The van der Waals surface area contributed by atoms with Crippen LogP contribution >= 0.6 is 36.2 Å². The first-order valence-corrected chi connectivity index (χ1v) is 9.35. The van der Waals surface area contributed by atoms with Crippen LogP contribution in [-0.2, 0) is 11.2 Å². The van der Waals surface area contributed by atoms with Gasteiger partial charge in [-0.25, -0.2) is 9.37 Å². The summed E-state index contributed by atoms with van der Waals surface area (Å²) in [4.78, 5) is 20.1. The molecule has 3 rings (SSSR count). The smallest absolute Gasteiger partial charge is 0.240 e. The SMILES string of the molecule is CCc1nc(NC(=O)CN2CCNCC2c2cccc(F)c2)sc1C.Cl.Cl. The number of halogens is 3. The van der Waals surface area contributed by atoms with E-state index in [0.29, 0.717) is 11.7 Å². The van der Waals surface area contributed by atoms with Gasteiger partial charge in [-0.2, -0.15) is 0 Å². The molecule has 2 aromatic rings. The van der Waals surface area contributed by atoms with Crippen molar-refractivity contribution in [3.63, 3.8) is 0 Å². The number of anilines is 1. The molecule has 1 atom stereocenters. The van der Waals surface area contributed by atoms with Gasteiger partial charge in [0.15, 0.2) is 5.13 Å². The molecule has 0 spiro atoms. The van der Waals surface area contributed by atoms with Crippen molar-refractivity contribution < 1.29 is 9.18 Å². The minimum atomic E-state index is -0.252. The van der Waals surface area contributed by atoms with Gasteiger partial charge in [-0.15, -0.1) is 36.2 Å². The summed E-state index contributed by atoms with van der Waals surface area (Å²) in [6.07, 6.45) is 0.859. The van der Waals surface area contributed by atoms with Gasteiger partial charge >= 0.3 is 0 Å². The average Bonchev–Trinajstić information content (AvgIpc) is 2.94. The molecule has 1 aromatic heterocycles. The maximum atomic E-state index is 13.5. The predicted molar refractivity (Wildman–Crippen MR) is 113 cm³/mol. The van der Waals surface area contributed by atoms with E-state index in [0.717, 1.165) is 35.6 Å². The Kier molecular flexibility index (Phi) is 9.62. The molecule has 27 heavy (non-hydrogen) atoms. The molecule has 0 aliphatic carbocycles. The highest BCUT2D eigenvalue weighted by atomic mass is 35.5. The quantitative estimate of drug-likeness (QED) is 0.754. The number of hydrogen-bond acceptors (Lipinski definition) is 5. The molecule has 0 bridgehead atoms. The second-order valence-corrected chi connectivity index (χ2v) is 7.37. The van der Waals surface area contributed by atoms with E-state index in [4.69, 9.17) is 0 Å². The molecular formula is C18H25Cl2FN4OS. The van der Waals surface area contributed by atoms with Crippen molar-refractivity contribution in [3.8, 4) is 0 Å². The zero-order valence-electron chi connectivity index (χ0n) is 15.3. The molecule has 1 aliphatic rings. The second kappa shape index (κ2) is 10.9. The Bertz CT molecular complexity index is 759. The van der Waals surface area contributed by atoms with E-state index in [1.165, 1.54) is 17.4 Å². The van der Waals surface area contributed by atoms with E-state index < -0.39 is 0 Å². The van der Waals surface area contributed by atoms with Crippen molar-refractivity contribution >= 4 is 47.2 Å². The lowest BCUT2D eigenvalue weighted by Crippen LogP contribution is -2.48. The van der Waals surface area contributed by atoms with Crippen molar-refractivity contribution in [2.24, 2.45) is 0 Å². The van der Waals surface area contributed by atoms with Crippen LogP contribution in [-0.4, -0.2) is 42.0 Å². The maximum Gasteiger partial charge on any atom is 0.240 e. The highest BCUT2D eigenvalue weighted by molar-refractivity contribution is 7.15. The maximum absolute atomic E-state index is 13.5. The van der Waals surface area contributed by atoms with E-state index in [9.17, 15) is 9.18 Å². The van der Waals surface area contributed by atoms with Gasteiger partial charge in [0, 0.05) is 30.6 Å². The minimum Gasteiger partial charge on any atom is -0.314 e. The molecule has 150 valence electrons. The standard InChI is InChI=1S/C18H23FN4OS.2ClH/c1-3-15-12(2)25-18(21-15)22-17(24)11-23-8-7-20-10-16(23)13-5-4-6-14(19)9-13;;/h4-6,9,16,20H,3,7-8,10-11H2,1-2H3,(H,21,22,24);2*1H. The summed E-state index contributed by atoms with van der Waals surface area (Å²) in [5.41, 5.74) is 1.92. The van der Waals surface area contributed by atoms with E-state index in [-0.39, 0.29) is 49.1 Å². The fraction of sp³-hybridized carbons (Fsp3) is 0.444. The van der Waals surface area contributed by atoms with Gasteiger partial charge in [-0.3, -0.25) is 9.69 Å². The van der Waals surface area contributed by atoms with Crippen LogP contribution in [0.15, 0.2) is 24.3 Å². The van der Waals surface area contributed by atoms with Gasteiger partial charge in [0.25, 0.3) is 0 Å². The number of rotatable bonds is 5. The number of piperazine rings is 1. The molecule has 1 aliphatic heterocycles. The number of nitrogens with zero attached hydrogens (tertiary/aromatic N) is 2. The molecule has 0 saturated carbocycles. The summed E-state index contributed by atoms with van der Waals surface area (Å²) >= 11 is 1.50. The number of carbonyl (C=O) groups is 1. The summed E-state index contributed by atoms with van der Waals surface area (Å²) < 4.78 is 13.5. The lowest BCUT2D eigenvalue weighted by Gasteiger charge is -2.35. The number of hydrogen-bond donors (Lipinski definition) is 2. The Morgan fingerprint density at radius 1 is 1.44 bits per heavy atom. The molecule has 1 unspecified atom stereocenters. The number of carbonyl (C=O) groups excluding carboxylic acids is 1. The van der Waals surface area contributed by atoms with Crippen molar-refractivity contribution in [1.29, 1.82) is 0 Å². The van der Waals surface area contributed by atoms with E-state index in [1.807, 2.05) is 13.0 Å². The van der Waals surface area contributed by atoms with Crippen LogP contribution in [0, 0.1) is 12.7 Å². The van der Waals surface area contributed by atoms with Crippen LogP contribution in [0.1, 0.15) is 29.1 Å². The molecule has 2 N–H and O–H groups in total. The molecule has 5 nitrogen and oxygen atoms in total. The zero-order chi connectivity index (χ0) is 17.8. The Morgan fingerprint density at radius 3 is 2.89 bits per heavy atom. The number of benzene rings is 1. The summed E-state index contributed by atoms with van der Waals surface area (Å²) in [7, 11) is 0. The molecule has 9 heteroatoms. The highest BCUT2D eigenvalue weighted by Crippen LogP contribution is 2.24. The van der Waals surface area contributed by atoms with E-state index >= 15 is 0 Å². The molecule has 1 aromatic carbocycles. The minimum absolute atomic E-state index is 0. The zero-order valence-corrected chi connectivity index (χ0v) is 17.8. The summed E-state index contributed by atoms with van der Waals surface area (Å²) in [5.74, 6) is -0.336. The number of nitrogens with one attached hydrogen (secondary N) is 2. The number of amides is 1. The van der Waals surface area contributed by atoms with Crippen molar-refractivity contribution in [2.75, 3.05) is 31.5 Å². The van der Waals surface area contributed by atoms with Gasteiger partial charge in [-0.1, -0.05) is 19.1 Å². The first-order chi connectivity index (χ1) is 12.1. The molecule has 1 fully saturated rings. The van der Waals surface area contributed by atoms with Crippen LogP contribution in [0.4, 0.5) is 9.52 Å². The topological polar surface area (TPSA) is 57.3 Å². The Labute approximate surface area is 175 Å². The Hall–Kier alpha value is -1.25. The third-order valence-electron chi connectivity index (χ3n) is 4.41. The van der Waals surface area contributed by atoms with Crippen LogP contribution in [0.25, 0.3) is 0 Å². The van der Waals surface area contributed by atoms with Crippen LogP contribution in [0.3, 0.4) is 0 Å².